The smallest absolute Gasteiger partial charge is 0.174 e. The molecule has 66 valence electrons. The van der Waals surface area contributed by atoms with Gasteiger partial charge in [-0.2, -0.15) is 0 Å². The van der Waals surface area contributed by atoms with Gasteiger partial charge in [-0.1, -0.05) is 36.4 Å². The van der Waals surface area contributed by atoms with E-state index in [9.17, 15) is 4.39 Å². The fourth-order valence-electron chi connectivity index (χ4n) is 1.38. The molecule has 0 radical (unpaired) electrons. The summed E-state index contributed by atoms with van der Waals surface area (Å²) in [5.41, 5.74) is 5.66. The number of rotatable bonds is 1. The second kappa shape index (κ2) is 3.15. The first-order valence-corrected chi connectivity index (χ1v) is 4.16. The van der Waals surface area contributed by atoms with Crippen LogP contribution in [0.5, 0.6) is 0 Å². The third-order valence-electron chi connectivity index (χ3n) is 2.09. The van der Waals surface area contributed by atoms with Gasteiger partial charge in [0, 0.05) is 5.56 Å². The maximum atomic E-state index is 12.7. The second-order valence-corrected chi connectivity index (χ2v) is 3.01. The van der Waals surface area contributed by atoms with Crippen molar-refractivity contribution in [2.75, 3.05) is 0 Å². The summed E-state index contributed by atoms with van der Waals surface area (Å²) in [7, 11) is 0. The molecule has 0 spiro atoms. The van der Waals surface area contributed by atoms with Gasteiger partial charge in [0.05, 0.1) is 0 Å². The molecule has 2 N–H and O–H groups in total. The first-order chi connectivity index (χ1) is 6.27. The van der Waals surface area contributed by atoms with Crippen LogP contribution in [0, 0.1) is 0 Å². The highest BCUT2D eigenvalue weighted by Gasteiger charge is 2.02. The molecule has 1 unspecified atom stereocenters. The zero-order chi connectivity index (χ0) is 9.26. The molecular weight excluding hydrogens is 165 g/mol. The topological polar surface area (TPSA) is 26.0 Å². The van der Waals surface area contributed by atoms with E-state index in [1.165, 1.54) is 0 Å². The maximum absolute atomic E-state index is 12.7. The largest absolute Gasteiger partial charge is 0.298 e. The molecule has 0 heterocycles. The quantitative estimate of drug-likeness (QED) is 0.662. The van der Waals surface area contributed by atoms with Gasteiger partial charge in [-0.05, 0) is 16.8 Å². The molecule has 0 fully saturated rings. The maximum Gasteiger partial charge on any atom is 0.174 e. The summed E-state index contributed by atoms with van der Waals surface area (Å²) in [6.45, 7) is 0. The van der Waals surface area contributed by atoms with E-state index in [1.54, 1.807) is 12.1 Å². The van der Waals surface area contributed by atoms with E-state index in [4.69, 9.17) is 5.73 Å². The van der Waals surface area contributed by atoms with Crippen LogP contribution < -0.4 is 5.73 Å². The molecule has 1 nitrogen and oxygen atoms in total. The van der Waals surface area contributed by atoms with Crippen molar-refractivity contribution < 1.29 is 4.39 Å². The van der Waals surface area contributed by atoms with Crippen molar-refractivity contribution in [1.82, 2.24) is 0 Å². The summed E-state index contributed by atoms with van der Waals surface area (Å²) in [4.78, 5) is 0. The predicted octanol–water partition coefficient (Wildman–Crippen LogP) is 2.77. The molecule has 0 aliphatic carbocycles. The van der Waals surface area contributed by atoms with Gasteiger partial charge in [0.15, 0.2) is 6.30 Å². The van der Waals surface area contributed by atoms with Crippen molar-refractivity contribution in [3.63, 3.8) is 0 Å². The Morgan fingerprint density at radius 2 is 1.69 bits per heavy atom. The average molecular weight is 175 g/mol. The first-order valence-electron chi connectivity index (χ1n) is 4.16. The minimum absolute atomic E-state index is 0.527. The Morgan fingerprint density at radius 3 is 2.38 bits per heavy atom. The third-order valence-corrected chi connectivity index (χ3v) is 2.09. The first kappa shape index (κ1) is 8.20. The van der Waals surface area contributed by atoms with Crippen LogP contribution in [0.15, 0.2) is 42.5 Å². The number of hydrogen-bond acceptors (Lipinski definition) is 1. The molecule has 0 bridgehead atoms. The van der Waals surface area contributed by atoms with E-state index in [0.29, 0.717) is 5.56 Å². The summed E-state index contributed by atoms with van der Waals surface area (Å²) in [5.74, 6) is 0. The number of fused-ring (bicyclic) bond motifs is 1. The fraction of sp³-hybridized carbons (Fsp3) is 0.0909. The van der Waals surface area contributed by atoms with Crippen LogP contribution in [0.25, 0.3) is 10.8 Å². The lowest BCUT2D eigenvalue weighted by atomic mass is 10.1. The lowest BCUT2D eigenvalue weighted by Gasteiger charge is -2.03. The Kier molecular flexibility index (Phi) is 1.99. The summed E-state index contributed by atoms with van der Waals surface area (Å²) in [6, 6.07) is 13.2. The van der Waals surface area contributed by atoms with Crippen LogP contribution in [0.2, 0.25) is 0 Å². The van der Waals surface area contributed by atoms with E-state index in [1.807, 2.05) is 30.3 Å². The van der Waals surface area contributed by atoms with Gasteiger partial charge in [-0.15, -0.1) is 0 Å². The zero-order valence-electron chi connectivity index (χ0n) is 7.07. The molecule has 0 saturated carbocycles. The van der Waals surface area contributed by atoms with Gasteiger partial charge in [0.25, 0.3) is 0 Å². The molecule has 0 aromatic heterocycles. The standard InChI is InChI=1S/C11H10FN/c12-11(13)10-6-5-8-3-1-2-4-9(8)7-10/h1-7,11H,13H2. The Labute approximate surface area is 76.0 Å². The molecule has 0 amide bonds. The van der Waals surface area contributed by atoms with Gasteiger partial charge < -0.3 is 0 Å². The van der Waals surface area contributed by atoms with Crippen molar-refractivity contribution in [2.45, 2.75) is 6.30 Å². The minimum atomic E-state index is -1.38. The Balaban J connectivity index is 2.62. The molecule has 2 aromatic carbocycles. The summed E-state index contributed by atoms with van der Waals surface area (Å²) >= 11 is 0. The van der Waals surface area contributed by atoms with Crippen molar-refractivity contribution in [2.24, 2.45) is 5.73 Å². The summed E-state index contributed by atoms with van der Waals surface area (Å²) in [6.07, 6.45) is -1.38. The highest BCUT2D eigenvalue weighted by Crippen LogP contribution is 2.19. The molecule has 1 atom stereocenters. The van der Waals surface area contributed by atoms with Gasteiger partial charge in [-0.3, -0.25) is 5.73 Å². The van der Waals surface area contributed by atoms with Crippen LogP contribution >= 0.6 is 0 Å². The highest BCUT2D eigenvalue weighted by molar-refractivity contribution is 5.83. The summed E-state index contributed by atoms with van der Waals surface area (Å²) < 4.78 is 12.7. The van der Waals surface area contributed by atoms with E-state index in [0.717, 1.165) is 10.8 Å². The van der Waals surface area contributed by atoms with Crippen molar-refractivity contribution in [3.8, 4) is 0 Å². The van der Waals surface area contributed by atoms with Crippen LogP contribution in [0.1, 0.15) is 11.9 Å². The normalized spacial score (nSPS) is 13.1. The summed E-state index contributed by atoms with van der Waals surface area (Å²) in [5, 5.41) is 2.13. The average Bonchev–Trinajstić information content (AvgIpc) is 2.17. The monoisotopic (exact) mass is 175 g/mol. The van der Waals surface area contributed by atoms with E-state index in [2.05, 4.69) is 0 Å². The van der Waals surface area contributed by atoms with Crippen LogP contribution in [0.3, 0.4) is 0 Å². The second-order valence-electron chi connectivity index (χ2n) is 3.01. The molecule has 2 heteroatoms. The molecule has 0 aliphatic rings. The molecule has 2 aromatic rings. The Hall–Kier alpha value is -1.41. The SMILES string of the molecule is NC(F)c1ccc2ccccc2c1. The molecule has 13 heavy (non-hydrogen) atoms. The van der Waals surface area contributed by atoms with Gasteiger partial charge >= 0.3 is 0 Å². The zero-order valence-corrected chi connectivity index (χ0v) is 7.07. The number of alkyl halides is 1. The van der Waals surface area contributed by atoms with Crippen molar-refractivity contribution >= 4 is 10.8 Å². The number of benzene rings is 2. The number of halogens is 1. The van der Waals surface area contributed by atoms with Crippen LogP contribution in [-0.4, -0.2) is 0 Å². The predicted molar refractivity (Wildman–Crippen MR) is 52.0 cm³/mol. The Morgan fingerprint density at radius 1 is 1.00 bits per heavy atom. The van der Waals surface area contributed by atoms with Gasteiger partial charge in [0.2, 0.25) is 0 Å². The van der Waals surface area contributed by atoms with Gasteiger partial charge in [-0.25, -0.2) is 4.39 Å². The van der Waals surface area contributed by atoms with Crippen molar-refractivity contribution in [3.05, 3.63) is 48.0 Å². The molecule has 0 saturated heterocycles. The lowest BCUT2D eigenvalue weighted by Crippen LogP contribution is -2.02. The highest BCUT2D eigenvalue weighted by atomic mass is 19.1. The van der Waals surface area contributed by atoms with Crippen molar-refractivity contribution in [1.29, 1.82) is 0 Å². The van der Waals surface area contributed by atoms with Crippen LogP contribution in [-0.2, 0) is 0 Å². The lowest BCUT2D eigenvalue weighted by molar-refractivity contribution is 0.356. The van der Waals surface area contributed by atoms with Gasteiger partial charge in [0.1, 0.15) is 0 Å². The fourth-order valence-corrected chi connectivity index (χ4v) is 1.38. The van der Waals surface area contributed by atoms with E-state index >= 15 is 0 Å². The van der Waals surface area contributed by atoms with Crippen LogP contribution in [0.4, 0.5) is 4.39 Å². The molecule has 2 rings (SSSR count). The molecular formula is C11H10FN. The molecule has 0 aliphatic heterocycles. The van der Waals surface area contributed by atoms with E-state index < -0.39 is 6.30 Å². The number of hydrogen-bond donors (Lipinski definition) is 1. The minimum Gasteiger partial charge on any atom is -0.298 e. The van der Waals surface area contributed by atoms with E-state index in [-0.39, 0.29) is 0 Å². The number of nitrogens with two attached hydrogens (primary N) is 1. The Bertz CT molecular complexity index is 423. The third kappa shape index (κ3) is 1.53.